The molecule has 0 aliphatic heterocycles. The predicted octanol–water partition coefficient (Wildman–Crippen LogP) is 1.83. The number of aromatic amines is 1. The van der Waals surface area contributed by atoms with Gasteiger partial charge in [0.2, 0.25) is 0 Å². The highest BCUT2D eigenvalue weighted by Gasteiger charge is 2.04. The molecule has 0 bridgehead atoms. The number of pyridine rings is 1. The average Bonchev–Trinajstić information content (AvgIpc) is 2.73. The van der Waals surface area contributed by atoms with Gasteiger partial charge in [0.15, 0.2) is 5.15 Å². The number of imidazole rings is 1. The molecule has 2 aromatic heterocycles. The molecule has 2 rings (SSSR count). The highest BCUT2D eigenvalue weighted by atomic mass is 35.5. The van der Waals surface area contributed by atoms with Crippen LogP contribution in [0.3, 0.4) is 0 Å². The summed E-state index contributed by atoms with van der Waals surface area (Å²) in [4.78, 5) is 10.9. The van der Waals surface area contributed by atoms with Crippen LogP contribution in [0.15, 0.2) is 24.8 Å². The number of nitrogens with one attached hydrogen (secondary N) is 1. The Labute approximate surface area is 92.5 Å². The molecule has 0 fully saturated rings. The number of aryl methyl sites for hydroxylation is 2. The van der Waals surface area contributed by atoms with Gasteiger partial charge in [0.25, 0.3) is 0 Å². The van der Waals surface area contributed by atoms with Crippen LogP contribution in [0.4, 0.5) is 5.69 Å². The Morgan fingerprint density at radius 2 is 2.27 bits per heavy atom. The van der Waals surface area contributed by atoms with Crippen LogP contribution in [0.5, 0.6) is 0 Å². The summed E-state index contributed by atoms with van der Waals surface area (Å²) in [6, 6.07) is 1.89. The summed E-state index contributed by atoms with van der Waals surface area (Å²) in [7, 11) is 0. The molecule has 5 heteroatoms. The monoisotopic (exact) mass is 222 g/mol. The number of hydrogen-bond acceptors (Lipinski definition) is 3. The predicted molar refractivity (Wildman–Crippen MR) is 59.7 cm³/mol. The lowest BCUT2D eigenvalue weighted by Crippen LogP contribution is -1.99. The van der Waals surface area contributed by atoms with E-state index in [1.807, 2.05) is 6.07 Å². The fourth-order valence-electron chi connectivity index (χ4n) is 1.39. The molecule has 0 unspecified atom stereocenters. The summed E-state index contributed by atoms with van der Waals surface area (Å²) in [5.74, 6) is 0. The average molecular weight is 223 g/mol. The van der Waals surface area contributed by atoms with Gasteiger partial charge < -0.3 is 10.7 Å². The van der Waals surface area contributed by atoms with Crippen molar-refractivity contribution < 1.29 is 0 Å². The highest BCUT2D eigenvalue weighted by molar-refractivity contribution is 6.31. The van der Waals surface area contributed by atoms with Crippen molar-refractivity contribution in [1.82, 2.24) is 15.0 Å². The third kappa shape index (κ3) is 2.27. The van der Waals surface area contributed by atoms with E-state index < -0.39 is 0 Å². The molecule has 0 spiro atoms. The number of halogens is 1. The summed E-state index contributed by atoms with van der Waals surface area (Å²) < 4.78 is 0. The van der Waals surface area contributed by atoms with E-state index in [0.717, 1.165) is 24.1 Å². The van der Waals surface area contributed by atoms with Gasteiger partial charge in [-0.3, -0.25) is 0 Å². The molecule has 0 saturated carbocycles. The summed E-state index contributed by atoms with van der Waals surface area (Å²) in [5, 5.41) is 0.372. The van der Waals surface area contributed by atoms with Crippen molar-refractivity contribution in [2.45, 2.75) is 12.8 Å². The molecule has 3 N–H and O–H groups in total. The molecule has 0 aromatic carbocycles. The van der Waals surface area contributed by atoms with Crippen LogP contribution in [0.25, 0.3) is 0 Å². The Morgan fingerprint density at radius 1 is 1.40 bits per heavy atom. The quantitative estimate of drug-likeness (QED) is 0.779. The summed E-state index contributed by atoms with van der Waals surface area (Å²) >= 11 is 5.82. The standard InChI is InChI=1S/C10H11ClN4/c11-10-9(12)7(3-4-14-10)1-2-8-5-13-6-15-8/h3-6H,1-2,12H2,(H,13,15). The fourth-order valence-corrected chi connectivity index (χ4v) is 1.57. The van der Waals surface area contributed by atoms with Crippen LogP contribution in [0, 0.1) is 0 Å². The second-order valence-electron chi connectivity index (χ2n) is 3.25. The van der Waals surface area contributed by atoms with Crippen molar-refractivity contribution in [3.8, 4) is 0 Å². The van der Waals surface area contributed by atoms with Gasteiger partial charge in [-0.15, -0.1) is 0 Å². The zero-order valence-corrected chi connectivity index (χ0v) is 8.83. The summed E-state index contributed by atoms with van der Waals surface area (Å²) in [5.41, 5.74) is 8.47. The largest absolute Gasteiger partial charge is 0.396 e. The second-order valence-corrected chi connectivity index (χ2v) is 3.61. The van der Waals surface area contributed by atoms with Crippen LogP contribution >= 0.6 is 11.6 Å². The van der Waals surface area contributed by atoms with Gasteiger partial charge in [-0.25, -0.2) is 9.97 Å². The van der Waals surface area contributed by atoms with Gasteiger partial charge in [-0.1, -0.05) is 11.6 Å². The van der Waals surface area contributed by atoms with Crippen molar-refractivity contribution >= 4 is 17.3 Å². The molecule has 4 nitrogen and oxygen atoms in total. The molecule has 0 saturated heterocycles. The minimum absolute atomic E-state index is 0.372. The topological polar surface area (TPSA) is 67.6 Å². The molecule has 0 aliphatic rings. The van der Waals surface area contributed by atoms with Gasteiger partial charge in [-0.05, 0) is 24.5 Å². The Kier molecular flexibility index (Phi) is 2.87. The van der Waals surface area contributed by atoms with Crippen molar-refractivity contribution in [1.29, 1.82) is 0 Å². The Morgan fingerprint density at radius 3 is 3.00 bits per heavy atom. The number of nitrogens with two attached hydrogens (primary N) is 1. The molecule has 0 radical (unpaired) electrons. The SMILES string of the molecule is Nc1c(CCc2cnc[nH]2)ccnc1Cl. The number of anilines is 1. The molecule has 2 heterocycles. The second kappa shape index (κ2) is 4.31. The van der Waals surface area contributed by atoms with E-state index in [1.165, 1.54) is 0 Å². The van der Waals surface area contributed by atoms with Gasteiger partial charge in [0.05, 0.1) is 12.0 Å². The third-order valence-corrected chi connectivity index (χ3v) is 2.55. The Bertz CT molecular complexity index is 439. The van der Waals surface area contributed by atoms with E-state index in [1.54, 1.807) is 18.7 Å². The normalized spacial score (nSPS) is 10.5. The lowest BCUT2D eigenvalue weighted by Gasteiger charge is -2.05. The molecule has 0 amide bonds. The maximum atomic E-state index is 5.82. The summed E-state index contributed by atoms with van der Waals surface area (Å²) in [6.45, 7) is 0. The molecule has 0 aliphatic carbocycles. The van der Waals surface area contributed by atoms with E-state index in [4.69, 9.17) is 17.3 Å². The highest BCUT2D eigenvalue weighted by Crippen LogP contribution is 2.20. The van der Waals surface area contributed by atoms with Crippen LogP contribution in [-0.4, -0.2) is 15.0 Å². The fraction of sp³-hybridized carbons (Fsp3) is 0.200. The lowest BCUT2D eigenvalue weighted by molar-refractivity contribution is 0.925. The number of aromatic nitrogens is 3. The number of nitrogen functional groups attached to an aromatic ring is 1. The molecular weight excluding hydrogens is 212 g/mol. The molecule has 2 aromatic rings. The van der Waals surface area contributed by atoms with E-state index in [2.05, 4.69) is 15.0 Å². The third-order valence-electron chi connectivity index (χ3n) is 2.25. The van der Waals surface area contributed by atoms with Crippen molar-refractivity contribution in [3.05, 3.63) is 41.2 Å². The van der Waals surface area contributed by atoms with Crippen LogP contribution < -0.4 is 5.73 Å². The van der Waals surface area contributed by atoms with Crippen LogP contribution in [0.2, 0.25) is 5.15 Å². The first-order valence-corrected chi connectivity index (χ1v) is 5.01. The Hall–Kier alpha value is -1.55. The van der Waals surface area contributed by atoms with Crippen LogP contribution in [0.1, 0.15) is 11.3 Å². The molecule has 0 atom stereocenters. The van der Waals surface area contributed by atoms with Gasteiger partial charge >= 0.3 is 0 Å². The van der Waals surface area contributed by atoms with Gasteiger partial charge in [0.1, 0.15) is 0 Å². The molecular formula is C10H11ClN4. The number of rotatable bonds is 3. The molecule has 15 heavy (non-hydrogen) atoms. The minimum Gasteiger partial charge on any atom is -0.396 e. The van der Waals surface area contributed by atoms with Crippen molar-refractivity contribution in [3.63, 3.8) is 0 Å². The minimum atomic E-state index is 0.372. The van der Waals surface area contributed by atoms with E-state index in [0.29, 0.717) is 10.8 Å². The van der Waals surface area contributed by atoms with Crippen molar-refractivity contribution in [2.24, 2.45) is 0 Å². The maximum Gasteiger partial charge on any atom is 0.152 e. The lowest BCUT2D eigenvalue weighted by atomic mass is 10.1. The molecule has 78 valence electrons. The van der Waals surface area contributed by atoms with Crippen LogP contribution in [-0.2, 0) is 12.8 Å². The van der Waals surface area contributed by atoms with E-state index in [9.17, 15) is 0 Å². The van der Waals surface area contributed by atoms with Gasteiger partial charge in [0, 0.05) is 18.1 Å². The number of hydrogen-bond donors (Lipinski definition) is 2. The zero-order chi connectivity index (χ0) is 10.7. The first-order valence-electron chi connectivity index (χ1n) is 4.63. The van der Waals surface area contributed by atoms with E-state index >= 15 is 0 Å². The number of H-pyrrole nitrogens is 1. The smallest absolute Gasteiger partial charge is 0.152 e. The first-order chi connectivity index (χ1) is 7.27. The zero-order valence-electron chi connectivity index (χ0n) is 8.07. The van der Waals surface area contributed by atoms with Crippen molar-refractivity contribution in [2.75, 3.05) is 5.73 Å². The number of nitrogens with zero attached hydrogens (tertiary/aromatic N) is 2. The van der Waals surface area contributed by atoms with Gasteiger partial charge in [-0.2, -0.15) is 0 Å². The first kappa shape index (κ1) is 9.98. The van der Waals surface area contributed by atoms with E-state index in [-0.39, 0.29) is 0 Å². The maximum absolute atomic E-state index is 5.82. The Balaban J connectivity index is 2.08. The summed E-state index contributed by atoms with van der Waals surface area (Å²) in [6.07, 6.45) is 6.83.